The van der Waals surface area contributed by atoms with Gasteiger partial charge in [0.05, 0.1) is 17.8 Å². The number of nitrogens with zero attached hydrogens (tertiary/aromatic N) is 1. The highest BCUT2D eigenvalue weighted by atomic mass is 32.2. The molecule has 136 valence electrons. The molecule has 2 saturated heterocycles. The number of aliphatic hydroxyl groups is 4. The Kier molecular flexibility index (Phi) is 5.30. The van der Waals surface area contributed by atoms with Gasteiger partial charge >= 0.3 is 0 Å². The van der Waals surface area contributed by atoms with E-state index in [1.165, 1.54) is 6.26 Å². The Balaban J connectivity index is 1.91. The van der Waals surface area contributed by atoms with E-state index in [2.05, 4.69) is 0 Å². The summed E-state index contributed by atoms with van der Waals surface area (Å²) in [6.07, 6.45) is -5.63. The lowest BCUT2D eigenvalue weighted by molar-refractivity contribution is -0.252. The Morgan fingerprint density at radius 3 is 2.64 bits per heavy atom. The van der Waals surface area contributed by atoms with Crippen LogP contribution in [0.25, 0.3) is 5.57 Å². The van der Waals surface area contributed by atoms with Crippen molar-refractivity contribution in [2.24, 2.45) is 0 Å². The first-order valence-electron chi connectivity index (χ1n) is 7.47. The molecule has 5 atom stereocenters. The fourth-order valence-corrected chi connectivity index (χ4v) is 4.06. The summed E-state index contributed by atoms with van der Waals surface area (Å²) in [7, 11) is 0. The maximum absolute atomic E-state index is 12.8. The van der Waals surface area contributed by atoms with E-state index in [1.54, 1.807) is 19.1 Å². The van der Waals surface area contributed by atoms with Gasteiger partial charge in [0, 0.05) is 5.57 Å². The Morgan fingerprint density at radius 2 is 2.04 bits per heavy atom. The number of allylic oxidation sites excluding steroid dienone is 1. The minimum Gasteiger partial charge on any atom is -0.465 e. The SMILES string of the molecule is CC(=C1SC(=S)N([C@@H]2O[C@H](CO)[C@@H](O)[C@H](O)[C@H]2O)C1=O)c1ccco1. The molecular formula is C15H17NO7S2. The maximum atomic E-state index is 12.8. The number of rotatable bonds is 3. The van der Waals surface area contributed by atoms with E-state index < -0.39 is 43.2 Å². The normalized spacial score (nSPS) is 35.4. The van der Waals surface area contributed by atoms with E-state index in [4.69, 9.17) is 21.4 Å². The molecule has 4 N–H and O–H groups in total. The summed E-state index contributed by atoms with van der Waals surface area (Å²) in [5, 5.41) is 39.3. The molecule has 10 heteroatoms. The summed E-state index contributed by atoms with van der Waals surface area (Å²) in [6.45, 7) is 1.12. The van der Waals surface area contributed by atoms with Gasteiger partial charge in [-0.25, -0.2) is 0 Å². The van der Waals surface area contributed by atoms with Crippen LogP contribution in [0.4, 0.5) is 0 Å². The molecule has 0 unspecified atom stereocenters. The van der Waals surface area contributed by atoms with Crippen LogP contribution in [0.1, 0.15) is 12.7 Å². The molecule has 0 saturated carbocycles. The molecule has 0 bridgehead atoms. The minimum atomic E-state index is -1.59. The van der Waals surface area contributed by atoms with Gasteiger partial charge in [0.25, 0.3) is 5.91 Å². The molecule has 1 aromatic rings. The summed E-state index contributed by atoms with van der Waals surface area (Å²) >= 11 is 6.25. The number of aliphatic hydroxyl groups excluding tert-OH is 4. The lowest BCUT2D eigenvalue weighted by atomic mass is 9.98. The average Bonchev–Trinajstić information content (AvgIpc) is 3.22. The molecule has 0 radical (unpaired) electrons. The summed E-state index contributed by atoms with van der Waals surface area (Å²) in [5.41, 5.74) is 0.578. The zero-order valence-electron chi connectivity index (χ0n) is 13.1. The Hall–Kier alpha value is -1.27. The Morgan fingerprint density at radius 1 is 1.32 bits per heavy atom. The van der Waals surface area contributed by atoms with Crippen LogP contribution in [-0.4, -0.2) is 72.8 Å². The van der Waals surface area contributed by atoms with Gasteiger partial charge in [-0.3, -0.25) is 9.69 Å². The summed E-state index contributed by atoms with van der Waals surface area (Å²) < 4.78 is 10.8. The molecule has 3 heterocycles. The molecule has 2 aliphatic rings. The van der Waals surface area contributed by atoms with Crippen LogP contribution in [0.15, 0.2) is 27.7 Å². The topological polar surface area (TPSA) is 124 Å². The van der Waals surface area contributed by atoms with Crippen LogP contribution in [0.5, 0.6) is 0 Å². The molecular weight excluding hydrogens is 370 g/mol. The summed E-state index contributed by atoms with van der Waals surface area (Å²) in [6, 6.07) is 3.40. The van der Waals surface area contributed by atoms with Gasteiger partial charge in [0.1, 0.15) is 30.2 Å². The van der Waals surface area contributed by atoms with Crippen LogP contribution >= 0.6 is 24.0 Å². The van der Waals surface area contributed by atoms with E-state index >= 15 is 0 Å². The molecule has 0 aromatic carbocycles. The van der Waals surface area contributed by atoms with E-state index in [0.29, 0.717) is 16.2 Å². The van der Waals surface area contributed by atoms with Crippen LogP contribution in [0.2, 0.25) is 0 Å². The standard InChI is InChI=1S/C15H17NO7S2/c1-6(7-3-2-4-22-7)12-13(21)16(15(24)25-12)14-11(20)10(19)9(18)8(5-17)23-14/h2-4,8-11,14,17-20H,5H2,1H3/t8-,9-,10+,11-,14-/m1/s1. The van der Waals surface area contributed by atoms with Gasteiger partial charge in [0.15, 0.2) is 10.5 Å². The molecule has 3 rings (SSSR count). The third-order valence-corrected chi connectivity index (χ3v) is 5.65. The lowest BCUT2D eigenvalue weighted by Crippen LogP contribution is -2.63. The monoisotopic (exact) mass is 387 g/mol. The molecule has 2 aliphatic heterocycles. The first-order chi connectivity index (χ1) is 11.9. The highest BCUT2D eigenvalue weighted by molar-refractivity contribution is 8.26. The van der Waals surface area contributed by atoms with Gasteiger partial charge in [0.2, 0.25) is 0 Å². The van der Waals surface area contributed by atoms with Crippen LogP contribution < -0.4 is 0 Å². The Bertz CT molecular complexity index is 703. The minimum absolute atomic E-state index is 0.134. The predicted molar refractivity (Wildman–Crippen MR) is 92.1 cm³/mol. The number of carbonyl (C=O) groups is 1. The number of ether oxygens (including phenoxy) is 1. The fraction of sp³-hybridized carbons (Fsp3) is 0.467. The average molecular weight is 387 g/mol. The van der Waals surface area contributed by atoms with E-state index in [-0.39, 0.29) is 4.32 Å². The number of hydrogen-bond acceptors (Lipinski definition) is 9. The van der Waals surface area contributed by atoms with Gasteiger partial charge < -0.3 is 29.6 Å². The first-order valence-corrected chi connectivity index (χ1v) is 8.70. The highest BCUT2D eigenvalue weighted by Gasteiger charge is 2.50. The van der Waals surface area contributed by atoms with Gasteiger partial charge in [-0.1, -0.05) is 24.0 Å². The van der Waals surface area contributed by atoms with Crippen molar-refractivity contribution < 1.29 is 34.4 Å². The van der Waals surface area contributed by atoms with Crippen LogP contribution in [0.3, 0.4) is 0 Å². The molecule has 2 fully saturated rings. The molecule has 0 aliphatic carbocycles. The first kappa shape index (κ1) is 18.5. The van der Waals surface area contributed by atoms with Gasteiger partial charge in [-0.15, -0.1) is 0 Å². The zero-order valence-corrected chi connectivity index (χ0v) is 14.7. The van der Waals surface area contributed by atoms with Crippen molar-refractivity contribution in [3.63, 3.8) is 0 Å². The molecule has 1 amide bonds. The number of thioether (sulfide) groups is 1. The second kappa shape index (κ2) is 7.16. The third kappa shape index (κ3) is 3.14. The second-order valence-corrected chi connectivity index (χ2v) is 7.34. The summed E-state index contributed by atoms with van der Waals surface area (Å²) in [4.78, 5) is 14.2. The Labute approximate surface area is 152 Å². The van der Waals surface area contributed by atoms with Gasteiger partial charge in [-0.2, -0.15) is 0 Å². The number of thiocarbonyl (C=S) groups is 1. The lowest BCUT2D eigenvalue weighted by Gasteiger charge is -2.42. The molecule has 1 aromatic heterocycles. The van der Waals surface area contributed by atoms with Crippen molar-refractivity contribution in [1.29, 1.82) is 0 Å². The predicted octanol–water partition coefficient (Wildman–Crippen LogP) is -0.329. The van der Waals surface area contributed by atoms with Crippen molar-refractivity contribution in [1.82, 2.24) is 4.90 Å². The highest BCUT2D eigenvalue weighted by Crippen LogP contribution is 2.39. The fourth-order valence-electron chi connectivity index (χ4n) is 2.73. The summed E-state index contributed by atoms with van der Waals surface area (Å²) in [5.74, 6) is 0.00234. The third-order valence-electron chi connectivity index (χ3n) is 4.15. The van der Waals surface area contributed by atoms with E-state index in [0.717, 1.165) is 16.7 Å². The van der Waals surface area contributed by atoms with E-state index in [1.807, 2.05) is 0 Å². The van der Waals surface area contributed by atoms with Gasteiger partial charge in [-0.05, 0) is 19.1 Å². The molecule has 25 heavy (non-hydrogen) atoms. The van der Waals surface area contributed by atoms with Crippen molar-refractivity contribution >= 4 is 39.8 Å². The van der Waals surface area contributed by atoms with Crippen molar-refractivity contribution in [2.75, 3.05) is 6.61 Å². The number of carbonyl (C=O) groups excluding carboxylic acids is 1. The van der Waals surface area contributed by atoms with Crippen molar-refractivity contribution in [2.45, 2.75) is 37.6 Å². The van der Waals surface area contributed by atoms with E-state index in [9.17, 15) is 25.2 Å². The second-order valence-electron chi connectivity index (χ2n) is 5.69. The number of hydrogen-bond donors (Lipinski definition) is 4. The quantitative estimate of drug-likeness (QED) is 0.408. The zero-order chi connectivity index (χ0) is 18.3. The number of amides is 1. The molecule has 8 nitrogen and oxygen atoms in total. The largest absolute Gasteiger partial charge is 0.465 e. The van der Waals surface area contributed by atoms with Crippen LogP contribution in [0, 0.1) is 0 Å². The molecule has 0 spiro atoms. The van der Waals surface area contributed by atoms with Crippen LogP contribution in [-0.2, 0) is 9.53 Å². The maximum Gasteiger partial charge on any atom is 0.268 e. The van der Waals surface area contributed by atoms with Crippen molar-refractivity contribution in [3.8, 4) is 0 Å². The van der Waals surface area contributed by atoms with Crippen molar-refractivity contribution in [3.05, 3.63) is 29.1 Å². The number of furan rings is 1. The smallest absolute Gasteiger partial charge is 0.268 e.